The van der Waals surface area contributed by atoms with Gasteiger partial charge in [-0.05, 0) is 0 Å². The van der Waals surface area contributed by atoms with Gasteiger partial charge in [0.1, 0.15) is 0 Å². The molecule has 0 saturated carbocycles. The maximum atomic E-state index is 2.79. The zero-order valence-electron chi connectivity index (χ0n) is 16.1. The molecule has 2 atom stereocenters. The van der Waals surface area contributed by atoms with E-state index in [2.05, 4.69) is 118 Å². The van der Waals surface area contributed by atoms with E-state index >= 15 is 0 Å². The van der Waals surface area contributed by atoms with Crippen LogP contribution in [0.4, 0.5) is 0 Å². The third-order valence-corrected chi connectivity index (χ3v) is 20.2. The van der Waals surface area contributed by atoms with Crippen molar-refractivity contribution in [3.8, 4) is 0 Å². The molecule has 2 unspecified atom stereocenters. The van der Waals surface area contributed by atoms with Crippen molar-refractivity contribution in [2.75, 3.05) is 0 Å². The summed E-state index contributed by atoms with van der Waals surface area (Å²) >= 11 is 3.82. The minimum atomic E-state index is -1.77. The summed E-state index contributed by atoms with van der Waals surface area (Å²) in [4.78, 5) is 0. The summed E-state index contributed by atoms with van der Waals surface area (Å²) in [5.41, 5.74) is 9.30. The van der Waals surface area contributed by atoms with Crippen LogP contribution in [0.1, 0.15) is 30.9 Å². The van der Waals surface area contributed by atoms with Crippen molar-refractivity contribution < 1.29 is 13.1 Å². The van der Waals surface area contributed by atoms with E-state index in [1.165, 1.54) is 11.1 Å². The van der Waals surface area contributed by atoms with Gasteiger partial charge in [-0.25, -0.2) is 0 Å². The van der Waals surface area contributed by atoms with Crippen molar-refractivity contribution in [2.45, 2.75) is 32.9 Å². The maximum absolute atomic E-state index is 2.79. The topological polar surface area (TPSA) is 0 Å². The zero-order valence-corrected chi connectivity index (χ0v) is 25.0. The van der Waals surface area contributed by atoms with E-state index in [0.717, 1.165) is 0 Å². The van der Waals surface area contributed by atoms with Crippen molar-refractivity contribution in [1.82, 2.24) is 0 Å². The summed E-state index contributed by atoms with van der Waals surface area (Å²) in [7, 11) is -0.466. The molecule has 0 fully saturated rings. The molecule has 4 rings (SSSR count). The predicted molar refractivity (Wildman–Crippen MR) is 135 cm³/mol. The molecule has 27 heavy (non-hydrogen) atoms. The first-order chi connectivity index (χ1) is 12.9. The van der Waals surface area contributed by atoms with Crippen molar-refractivity contribution in [3.63, 3.8) is 0 Å². The van der Waals surface area contributed by atoms with Crippen LogP contribution >= 0.6 is 36.3 Å². The molecule has 4 heteroatoms. The van der Waals surface area contributed by atoms with Crippen LogP contribution in [-0.2, 0) is 13.1 Å². The van der Waals surface area contributed by atoms with Gasteiger partial charge in [0.2, 0.25) is 0 Å². The van der Waals surface area contributed by atoms with Gasteiger partial charge >= 0.3 is 193 Å². The normalized spacial score (nSPS) is 23.5. The van der Waals surface area contributed by atoms with Gasteiger partial charge in [-0.3, -0.25) is 0 Å². The number of fused-ring (bicyclic) bond motifs is 2. The van der Waals surface area contributed by atoms with Gasteiger partial charge in [-0.15, -0.1) is 0 Å². The molecule has 3 aliphatic rings. The van der Waals surface area contributed by atoms with E-state index in [1.807, 2.05) is 0 Å². The minimum absolute atomic E-state index is 0.418. The molecule has 0 amide bonds. The molecule has 0 heterocycles. The summed E-state index contributed by atoms with van der Waals surface area (Å²) in [6.45, 7) is 9.74. The molecule has 0 aromatic heterocycles. The number of benzene rings is 1. The molecule has 0 saturated heterocycles. The zero-order chi connectivity index (χ0) is 19.3. The summed E-state index contributed by atoms with van der Waals surface area (Å²) in [5, 5.41) is 1.66. The number of hydrogen-bond donors (Lipinski definition) is 0. The first-order valence-electron chi connectivity index (χ1n) is 9.39. The molecular weight excluding hydrogens is 737 g/mol. The number of hydrogen-bond acceptors (Lipinski definition) is 0. The molecule has 0 radical (unpaired) electrons. The van der Waals surface area contributed by atoms with Crippen LogP contribution in [0.15, 0.2) is 74.2 Å². The molecule has 1 aromatic rings. The van der Waals surface area contributed by atoms with E-state index in [4.69, 9.17) is 0 Å². The van der Waals surface area contributed by atoms with Gasteiger partial charge in [0.25, 0.3) is 0 Å². The number of halogens is 2. The Bertz CT molecular complexity index is 1000. The Morgan fingerprint density at radius 1 is 1.04 bits per heavy atom. The molecule has 137 valence electrons. The van der Waals surface area contributed by atoms with E-state index in [1.54, 1.807) is 30.8 Å². The molecule has 3 aliphatic carbocycles. The average Bonchev–Trinajstić information content (AvgIpc) is 3.11. The van der Waals surface area contributed by atoms with Crippen molar-refractivity contribution in [2.24, 2.45) is 5.92 Å². The van der Waals surface area contributed by atoms with Gasteiger partial charge < -0.3 is 0 Å². The van der Waals surface area contributed by atoms with Crippen LogP contribution in [-0.4, -0.2) is 13.6 Å². The summed E-state index contributed by atoms with van der Waals surface area (Å²) < 4.78 is 1.74. The number of allylic oxidation sites excluding steroid dienone is 9. The fourth-order valence-electron chi connectivity index (χ4n) is 4.75. The summed E-state index contributed by atoms with van der Waals surface area (Å²) in [6.07, 6.45) is 12.0. The van der Waals surface area contributed by atoms with E-state index in [-0.39, 0.29) is 0 Å². The van der Waals surface area contributed by atoms with E-state index < -0.39 is 21.5 Å². The van der Waals surface area contributed by atoms with Crippen molar-refractivity contribution in [3.05, 3.63) is 85.3 Å². The van der Waals surface area contributed by atoms with Crippen LogP contribution in [0.25, 0.3) is 6.08 Å². The Morgan fingerprint density at radius 2 is 1.78 bits per heavy atom. The van der Waals surface area contributed by atoms with Gasteiger partial charge in [0, 0.05) is 0 Å². The standard InChI is InChI=1S/C23H23Si.Hf.2HI/c1-15-14-18-9-7-11-21(24(3)4)16(2)23(18)22(15)20-13-12-17-8-5-6-10-19(17)20;;;/h5-13,16,20H,1-4H3;;2*1H/q;+2;;/p-2. The second-order valence-electron chi connectivity index (χ2n) is 7.67. The Balaban J connectivity index is 1.98. The molecule has 0 aliphatic heterocycles. The molecule has 0 spiro atoms. The van der Waals surface area contributed by atoms with Crippen molar-refractivity contribution >= 4 is 55.9 Å². The van der Waals surface area contributed by atoms with E-state index in [0.29, 0.717) is 11.8 Å². The SMILES string of the molecule is CC1=[C]([Hf]([I])[I])C2=CC=CC(=[Si](C)C)C(C)C2=C1C1C=Cc2ccccc21. The van der Waals surface area contributed by atoms with Crippen LogP contribution in [0.3, 0.4) is 0 Å². The number of rotatable bonds is 2. The monoisotopic (exact) mass is 761 g/mol. The second-order valence-corrected chi connectivity index (χ2v) is 48.5. The first kappa shape index (κ1) is 20.6. The van der Waals surface area contributed by atoms with Crippen molar-refractivity contribution in [1.29, 1.82) is 0 Å². The Hall–Kier alpha value is 0.337. The Kier molecular flexibility index (Phi) is 6.28. The van der Waals surface area contributed by atoms with Gasteiger partial charge in [0.15, 0.2) is 0 Å². The second kappa shape index (κ2) is 8.23. The van der Waals surface area contributed by atoms with Crippen LogP contribution in [0.2, 0.25) is 13.1 Å². The summed E-state index contributed by atoms with van der Waals surface area (Å²) in [5.74, 6) is 0.947. The van der Waals surface area contributed by atoms with Gasteiger partial charge in [-0.1, -0.05) is 0 Å². The van der Waals surface area contributed by atoms with Crippen LogP contribution in [0, 0.1) is 5.92 Å². The quantitative estimate of drug-likeness (QED) is 0.219. The van der Waals surface area contributed by atoms with Crippen LogP contribution < -0.4 is 0 Å². The Morgan fingerprint density at radius 3 is 2.48 bits per heavy atom. The van der Waals surface area contributed by atoms with Gasteiger partial charge in [-0.2, -0.15) is 0 Å². The molecule has 0 bridgehead atoms. The third-order valence-electron chi connectivity index (χ3n) is 5.94. The fourth-order valence-corrected chi connectivity index (χ4v) is 20.6. The summed E-state index contributed by atoms with van der Waals surface area (Å²) in [6, 6.07) is 8.95. The molecule has 0 N–H and O–H groups in total. The predicted octanol–water partition coefficient (Wildman–Crippen LogP) is 7.34. The molecular formula is C23H23HfI2Si. The molecule has 1 aromatic carbocycles. The first-order valence-corrected chi connectivity index (χ1v) is 34.1. The average molecular weight is 760 g/mol. The molecule has 0 nitrogen and oxygen atoms in total. The van der Waals surface area contributed by atoms with Gasteiger partial charge in [0.05, 0.1) is 0 Å². The van der Waals surface area contributed by atoms with E-state index in [9.17, 15) is 0 Å². The fraction of sp³-hybridized carbons (Fsp3) is 0.261. The Labute approximate surface area is 190 Å². The van der Waals surface area contributed by atoms with Crippen LogP contribution in [0.5, 0.6) is 0 Å². The third kappa shape index (κ3) is 3.54.